The number of fused-ring (bicyclic) bond motifs is 1. The summed E-state index contributed by atoms with van der Waals surface area (Å²) in [5, 5.41) is 15.1. The lowest BCUT2D eigenvalue weighted by Crippen LogP contribution is -2.54. The quantitative estimate of drug-likeness (QED) is 0.771. The fourth-order valence-corrected chi connectivity index (χ4v) is 3.14. The molecule has 0 spiro atoms. The van der Waals surface area contributed by atoms with Crippen molar-refractivity contribution in [3.63, 3.8) is 0 Å². The van der Waals surface area contributed by atoms with Crippen LogP contribution in [0.3, 0.4) is 0 Å². The van der Waals surface area contributed by atoms with E-state index in [-0.39, 0.29) is 0 Å². The van der Waals surface area contributed by atoms with Gasteiger partial charge in [0.15, 0.2) is 0 Å². The molecular formula is C18H20N2O. The Kier molecular flexibility index (Phi) is 3.53. The van der Waals surface area contributed by atoms with E-state index < -0.39 is 11.8 Å². The van der Waals surface area contributed by atoms with Gasteiger partial charge in [-0.2, -0.15) is 0 Å². The third-order valence-electron chi connectivity index (χ3n) is 4.18. The molecule has 0 aliphatic rings. The van der Waals surface area contributed by atoms with Crippen LogP contribution in [0.5, 0.6) is 0 Å². The minimum Gasteiger partial charge on any atom is -0.389 e. The molecule has 0 saturated carbocycles. The largest absolute Gasteiger partial charge is 0.389 e. The third-order valence-corrected chi connectivity index (χ3v) is 4.18. The summed E-state index contributed by atoms with van der Waals surface area (Å²) < 4.78 is 2.11. The molecule has 3 nitrogen and oxygen atoms in total. The van der Waals surface area contributed by atoms with Crippen molar-refractivity contribution in [1.29, 1.82) is 0 Å². The minimum atomic E-state index is -0.690. The van der Waals surface area contributed by atoms with E-state index in [0.29, 0.717) is 0 Å². The van der Waals surface area contributed by atoms with Crippen molar-refractivity contribution in [3.8, 4) is 0 Å². The first-order valence-electron chi connectivity index (χ1n) is 7.19. The predicted molar refractivity (Wildman–Crippen MR) is 86.2 cm³/mol. The van der Waals surface area contributed by atoms with Crippen LogP contribution in [-0.2, 0) is 5.66 Å². The average molecular weight is 280 g/mol. The number of para-hydroxylation sites is 1. The molecule has 2 aromatic carbocycles. The Bertz CT molecular complexity index is 733. The van der Waals surface area contributed by atoms with Crippen molar-refractivity contribution in [2.45, 2.75) is 18.7 Å². The zero-order chi connectivity index (χ0) is 14.9. The maximum atomic E-state index is 10.6. The van der Waals surface area contributed by atoms with Crippen LogP contribution in [0.15, 0.2) is 66.9 Å². The second-order valence-electron chi connectivity index (χ2n) is 5.30. The fraction of sp³-hybridized carbons (Fsp3) is 0.222. The zero-order valence-electron chi connectivity index (χ0n) is 12.3. The molecule has 0 amide bonds. The van der Waals surface area contributed by atoms with Gasteiger partial charge in [-0.1, -0.05) is 48.5 Å². The Morgan fingerprint density at radius 2 is 1.67 bits per heavy atom. The Balaban J connectivity index is 2.30. The first-order chi connectivity index (χ1) is 10.2. The van der Waals surface area contributed by atoms with Crippen LogP contribution < -0.4 is 5.32 Å². The van der Waals surface area contributed by atoms with Crippen LogP contribution in [-0.4, -0.2) is 22.8 Å². The highest BCUT2D eigenvalue weighted by Crippen LogP contribution is 2.31. The van der Waals surface area contributed by atoms with Crippen molar-refractivity contribution < 1.29 is 5.11 Å². The molecule has 0 aliphatic heterocycles. The first kappa shape index (κ1) is 13.9. The predicted octanol–water partition coefficient (Wildman–Crippen LogP) is 2.94. The SMILES string of the molecule is CNC(c1ccccc1)(C(C)O)n1ccc2ccccc21. The molecule has 21 heavy (non-hydrogen) atoms. The van der Waals surface area contributed by atoms with Crippen LogP contribution in [0.4, 0.5) is 0 Å². The van der Waals surface area contributed by atoms with Gasteiger partial charge in [-0.25, -0.2) is 0 Å². The lowest BCUT2D eigenvalue weighted by atomic mass is 9.93. The van der Waals surface area contributed by atoms with E-state index in [1.165, 1.54) is 0 Å². The van der Waals surface area contributed by atoms with Crippen LogP contribution in [0, 0.1) is 0 Å². The lowest BCUT2D eigenvalue weighted by Gasteiger charge is -2.39. The topological polar surface area (TPSA) is 37.2 Å². The molecule has 1 heterocycles. The van der Waals surface area contributed by atoms with Gasteiger partial charge in [0.2, 0.25) is 0 Å². The average Bonchev–Trinajstić information content (AvgIpc) is 2.94. The molecule has 2 atom stereocenters. The molecule has 3 rings (SSSR count). The second-order valence-corrected chi connectivity index (χ2v) is 5.30. The molecule has 0 fully saturated rings. The smallest absolute Gasteiger partial charge is 0.147 e. The van der Waals surface area contributed by atoms with Gasteiger partial charge in [0.05, 0.1) is 6.10 Å². The summed E-state index contributed by atoms with van der Waals surface area (Å²) in [6.07, 6.45) is 1.43. The maximum Gasteiger partial charge on any atom is 0.147 e. The van der Waals surface area contributed by atoms with Crippen LogP contribution in [0.1, 0.15) is 12.5 Å². The summed E-state index contributed by atoms with van der Waals surface area (Å²) in [6.45, 7) is 1.82. The van der Waals surface area contributed by atoms with Gasteiger partial charge in [-0.05, 0) is 37.1 Å². The van der Waals surface area contributed by atoms with Gasteiger partial charge in [0, 0.05) is 11.7 Å². The normalized spacial score (nSPS) is 15.8. The number of nitrogens with one attached hydrogen (secondary N) is 1. The summed E-state index contributed by atoms with van der Waals surface area (Å²) in [5.74, 6) is 0. The zero-order valence-corrected chi connectivity index (χ0v) is 12.3. The Morgan fingerprint density at radius 1 is 1.00 bits per heavy atom. The van der Waals surface area contributed by atoms with Gasteiger partial charge >= 0.3 is 0 Å². The van der Waals surface area contributed by atoms with Crippen molar-refractivity contribution in [2.24, 2.45) is 0 Å². The highest BCUT2D eigenvalue weighted by molar-refractivity contribution is 5.80. The van der Waals surface area contributed by atoms with Crippen molar-refractivity contribution in [3.05, 3.63) is 72.4 Å². The first-order valence-corrected chi connectivity index (χ1v) is 7.19. The summed E-state index contributed by atoms with van der Waals surface area (Å²) >= 11 is 0. The number of aliphatic hydroxyl groups is 1. The summed E-state index contributed by atoms with van der Waals surface area (Å²) in [6, 6.07) is 20.3. The highest BCUT2D eigenvalue weighted by Gasteiger charge is 2.38. The third kappa shape index (κ3) is 2.06. The number of nitrogens with zero attached hydrogens (tertiary/aromatic N) is 1. The molecule has 108 valence electrons. The van der Waals surface area contributed by atoms with Crippen molar-refractivity contribution in [2.75, 3.05) is 7.05 Å². The van der Waals surface area contributed by atoms with E-state index >= 15 is 0 Å². The number of aromatic nitrogens is 1. The Morgan fingerprint density at radius 3 is 2.33 bits per heavy atom. The van der Waals surface area contributed by atoms with Crippen LogP contribution in [0.2, 0.25) is 0 Å². The second kappa shape index (κ2) is 5.35. The number of likely N-dealkylation sites (N-methyl/N-ethyl adjacent to an activating group) is 1. The van der Waals surface area contributed by atoms with Gasteiger partial charge in [-0.3, -0.25) is 5.32 Å². The fourth-order valence-electron chi connectivity index (χ4n) is 3.14. The number of benzene rings is 2. The summed E-state index contributed by atoms with van der Waals surface area (Å²) in [7, 11) is 1.88. The van der Waals surface area contributed by atoms with Gasteiger partial charge in [-0.15, -0.1) is 0 Å². The van der Waals surface area contributed by atoms with E-state index in [4.69, 9.17) is 0 Å². The molecule has 3 heteroatoms. The van der Waals surface area contributed by atoms with Crippen molar-refractivity contribution in [1.82, 2.24) is 9.88 Å². The van der Waals surface area contributed by atoms with Gasteiger partial charge in [0.1, 0.15) is 5.66 Å². The molecule has 2 N–H and O–H groups in total. The lowest BCUT2D eigenvalue weighted by molar-refractivity contribution is 0.0593. The number of aliphatic hydroxyl groups excluding tert-OH is 1. The Labute approximate surface area is 124 Å². The summed E-state index contributed by atoms with van der Waals surface area (Å²) in [5.41, 5.74) is 1.44. The van der Waals surface area contributed by atoms with Gasteiger partial charge in [0.25, 0.3) is 0 Å². The highest BCUT2D eigenvalue weighted by atomic mass is 16.3. The van der Waals surface area contributed by atoms with E-state index in [0.717, 1.165) is 16.5 Å². The van der Waals surface area contributed by atoms with Crippen LogP contribution in [0.25, 0.3) is 10.9 Å². The van der Waals surface area contributed by atoms with E-state index in [9.17, 15) is 5.11 Å². The number of hydrogen-bond donors (Lipinski definition) is 2. The molecule has 3 aromatic rings. The van der Waals surface area contributed by atoms with Crippen molar-refractivity contribution >= 4 is 10.9 Å². The monoisotopic (exact) mass is 280 g/mol. The van der Waals surface area contributed by atoms with Gasteiger partial charge < -0.3 is 9.67 Å². The molecule has 0 radical (unpaired) electrons. The van der Waals surface area contributed by atoms with E-state index in [1.54, 1.807) is 0 Å². The molecule has 0 bridgehead atoms. The van der Waals surface area contributed by atoms with Crippen LogP contribution >= 0.6 is 0 Å². The molecule has 2 unspecified atom stereocenters. The number of hydrogen-bond acceptors (Lipinski definition) is 2. The standard InChI is InChI=1S/C18H20N2O/c1-14(21)18(19-2,16-9-4-3-5-10-16)20-13-12-15-8-6-7-11-17(15)20/h3-14,19,21H,1-2H3. The molecule has 0 aliphatic carbocycles. The molecular weight excluding hydrogens is 260 g/mol. The maximum absolute atomic E-state index is 10.6. The van der Waals surface area contributed by atoms with E-state index in [2.05, 4.69) is 28.1 Å². The minimum absolute atomic E-state index is 0.597. The van der Waals surface area contributed by atoms with E-state index in [1.807, 2.05) is 62.6 Å². The Hall–Kier alpha value is -2.10. The molecule has 0 saturated heterocycles. The summed E-state index contributed by atoms with van der Waals surface area (Å²) in [4.78, 5) is 0. The molecule has 1 aromatic heterocycles. The number of rotatable bonds is 4.